The molecule has 0 bridgehead atoms. The van der Waals surface area contributed by atoms with Crippen molar-refractivity contribution in [3.05, 3.63) is 88.3 Å². The van der Waals surface area contributed by atoms with E-state index >= 15 is 0 Å². The normalized spacial score (nSPS) is 14.5. The first-order valence-corrected chi connectivity index (χ1v) is 9.73. The minimum absolute atomic E-state index is 0.0727. The van der Waals surface area contributed by atoms with E-state index in [-0.39, 0.29) is 24.1 Å². The molecule has 0 saturated heterocycles. The summed E-state index contributed by atoms with van der Waals surface area (Å²) in [6.07, 6.45) is 1.69. The number of hydrogen-bond donors (Lipinski definition) is 1. The van der Waals surface area contributed by atoms with Gasteiger partial charge in [-0.15, -0.1) is 11.3 Å². The van der Waals surface area contributed by atoms with Crippen LogP contribution in [0.1, 0.15) is 10.4 Å². The molecule has 2 aromatic carbocycles. The molecule has 6 heteroatoms. The average Bonchev–Trinajstić information content (AvgIpc) is 3.24. The van der Waals surface area contributed by atoms with Gasteiger partial charge in [0.2, 0.25) is 5.91 Å². The van der Waals surface area contributed by atoms with Crippen LogP contribution in [0, 0.1) is 0 Å². The van der Waals surface area contributed by atoms with Gasteiger partial charge in [0.05, 0.1) is 12.2 Å². The second-order valence-electron chi connectivity index (χ2n) is 6.24. The van der Waals surface area contributed by atoms with Crippen molar-refractivity contribution in [1.29, 1.82) is 0 Å². The molecule has 140 valence electrons. The first-order chi connectivity index (χ1) is 13.7. The third kappa shape index (κ3) is 3.97. The van der Waals surface area contributed by atoms with Gasteiger partial charge in [-0.2, -0.15) is 0 Å². The quantitative estimate of drug-likeness (QED) is 0.674. The van der Waals surface area contributed by atoms with Gasteiger partial charge in [0.25, 0.3) is 5.91 Å². The molecule has 0 atom stereocenters. The van der Waals surface area contributed by atoms with Crippen molar-refractivity contribution < 1.29 is 14.3 Å². The summed E-state index contributed by atoms with van der Waals surface area (Å²) in [7, 11) is 0. The number of para-hydroxylation sites is 2. The molecule has 28 heavy (non-hydrogen) atoms. The van der Waals surface area contributed by atoms with Crippen LogP contribution in [0.15, 0.2) is 77.9 Å². The van der Waals surface area contributed by atoms with E-state index in [2.05, 4.69) is 5.32 Å². The Morgan fingerprint density at radius 3 is 2.61 bits per heavy atom. The number of fused-ring (bicyclic) bond motifs is 1. The van der Waals surface area contributed by atoms with Crippen molar-refractivity contribution >= 4 is 34.9 Å². The third-order valence-electron chi connectivity index (χ3n) is 4.27. The van der Waals surface area contributed by atoms with Crippen LogP contribution in [-0.2, 0) is 16.1 Å². The number of thiophene rings is 1. The molecule has 2 amide bonds. The van der Waals surface area contributed by atoms with E-state index < -0.39 is 0 Å². The Kier molecular flexibility index (Phi) is 5.21. The summed E-state index contributed by atoms with van der Waals surface area (Å²) in [4.78, 5) is 28.0. The molecule has 5 nitrogen and oxygen atoms in total. The van der Waals surface area contributed by atoms with Gasteiger partial charge in [0, 0.05) is 4.88 Å². The molecule has 1 aliphatic rings. The maximum Gasteiger partial charge on any atom is 0.294 e. The molecule has 2 heterocycles. The number of ether oxygens (including phenoxy) is 1. The zero-order chi connectivity index (χ0) is 19.3. The van der Waals surface area contributed by atoms with Crippen molar-refractivity contribution in [2.45, 2.75) is 6.54 Å². The van der Waals surface area contributed by atoms with Crippen LogP contribution in [0.2, 0.25) is 0 Å². The number of amides is 2. The largest absolute Gasteiger partial charge is 0.449 e. The van der Waals surface area contributed by atoms with Crippen LogP contribution in [-0.4, -0.2) is 18.4 Å². The van der Waals surface area contributed by atoms with Crippen LogP contribution >= 0.6 is 11.3 Å². The molecule has 0 saturated carbocycles. The highest BCUT2D eigenvalue weighted by Crippen LogP contribution is 2.35. The second-order valence-corrected chi connectivity index (χ2v) is 7.27. The van der Waals surface area contributed by atoms with Gasteiger partial charge in [-0.25, -0.2) is 0 Å². The van der Waals surface area contributed by atoms with Crippen LogP contribution < -0.4 is 15.0 Å². The Labute approximate surface area is 166 Å². The summed E-state index contributed by atoms with van der Waals surface area (Å²) in [5, 5.41) is 4.83. The number of carbonyl (C=O) groups excluding carboxylic acids is 2. The lowest BCUT2D eigenvalue weighted by atomic mass is 10.1. The van der Waals surface area contributed by atoms with Crippen molar-refractivity contribution in [3.63, 3.8) is 0 Å². The van der Waals surface area contributed by atoms with Crippen LogP contribution in [0.25, 0.3) is 6.08 Å². The van der Waals surface area contributed by atoms with Gasteiger partial charge < -0.3 is 10.1 Å². The average molecular weight is 390 g/mol. The topological polar surface area (TPSA) is 58.6 Å². The van der Waals surface area contributed by atoms with E-state index in [1.807, 2.05) is 60.0 Å². The number of hydrogen-bond acceptors (Lipinski definition) is 4. The lowest BCUT2D eigenvalue weighted by Crippen LogP contribution is -2.44. The molecule has 0 unspecified atom stereocenters. The lowest BCUT2D eigenvalue weighted by molar-refractivity contribution is -0.123. The third-order valence-corrected chi connectivity index (χ3v) is 5.15. The summed E-state index contributed by atoms with van der Waals surface area (Å²) in [6, 6.07) is 20.6. The maximum absolute atomic E-state index is 13.0. The number of carbonyl (C=O) groups is 2. The fraction of sp³-hybridized carbons (Fsp3) is 0.0909. The number of nitrogens with zero attached hydrogens (tertiary/aromatic N) is 1. The molecular formula is C22H18N2O3S. The van der Waals surface area contributed by atoms with E-state index in [1.165, 1.54) is 4.90 Å². The standard InChI is InChI=1S/C22H18N2O3S/c25-21(23-14-17-9-6-12-28-17)15-24-18-10-4-5-11-19(18)27-20(22(24)26)13-16-7-2-1-3-8-16/h1-13H,14-15H2,(H,23,25). The monoisotopic (exact) mass is 390 g/mol. The zero-order valence-electron chi connectivity index (χ0n) is 15.0. The van der Waals surface area contributed by atoms with Crippen molar-refractivity contribution in [2.24, 2.45) is 0 Å². The summed E-state index contributed by atoms with van der Waals surface area (Å²) < 4.78 is 5.82. The van der Waals surface area contributed by atoms with Gasteiger partial charge in [0.1, 0.15) is 6.54 Å². The maximum atomic E-state index is 13.0. The second kappa shape index (κ2) is 8.10. The molecule has 0 spiro atoms. The molecule has 0 fully saturated rings. The molecule has 1 N–H and O–H groups in total. The van der Waals surface area contributed by atoms with E-state index in [1.54, 1.807) is 29.5 Å². The number of anilines is 1. The summed E-state index contributed by atoms with van der Waals surface area (Å²) in [6.45, 7) is 0.375. The van der Waals surface area contributed by atoms with E-state index in [9.17, 15) is 9.59 Å². The molecular weight excluding hydrogens is 372 g/mol. The van der Waals surface area contributed by atoms with Crippen molar-refractivity contribution in [3.8, 4) is 5.75 Å². The zero-order valence-corrected chi connectivity index (χ0v) is 15.8. The van der Waals surface area contributed by atoms with Crippen molar-refractivity contribution in [1.82, 2.24) is 5.32 Å². The predicted molar refractivity (Wildman–Crippen MR) is 110 cm³/mol. The smallest absolute Gasteiger partial charge is 0.294 e. The Morgan fingerprint density at radius 2 is 1.82 bits per heavy atom. The first-order valence-electron chi connectivity index (χ1n) is 8.85. The fourth-order valence-electron chi connectivity index (χ4n) is 2.92. The SMILES string of the molecule is O=C(CN1C(=O)C(=Cc2ccccc2)Oc2ccccc21)NCc1cccs1. The Bertz CT molecular complexity index is 1010. The van der Waals surface area contributed by atoms with Gasteiger partial charge in [0.15, 0.2) is 11.5 Å². The summed E-state index contributed by atoms with van der Waals surface area (Å²) in [5.74, 6) is 0.178. The highest BCUT2D eigenvalue weighted by molar-refractivity contribution is 7.09. The summed E-state index contributed by atoms with van der Waals surface area (Å²) >= 11 is 1.58. The molecule has 1 aliphatic heterocycles. The number of benzene rings is 2. The highest BCUT2D eigenvalue weighted by atomic mass is 32.1. The lowest BCUT2D eigenvalue weighted by Gasteiger charge is -2.30. The van der Waals surface area contributed by atoms with E-state index in [0.29, 0.717) is 18.0 Å². The minimum Gasteiger partial charge on any atom is -0.449 e. The van der Waals surface area contributed by atoms with Gasteiger partial charge >= 0.3 is 0 Å². The fourth-order valence-corrected chi connectivity index (χ4v) is 3.56. The molecule has 1 aromatic heterocycles. The van der Waals surface area contributed by atoms with Gasteiger partial charge in [-0.1, -0.05) is 48.5 Å². The molecule has 0 aliphatic carbocycles. The number of rotatable bonds is 5. The Balaban J connectivity index is 1.56. The molecule has 0 radical (unpaired) electrons. The minimum atomic E-state index is -0.339. The Morgan fingerprint density at radius 1 is 1.04 bits per heavy atom. The highest BCUT2D eigenvalue weighted by Gasteiger charge is 2.31. The van der Waals surface area contributed by atoms with Gasteiger partial charge in [-0.3, -0.25) is 14.5 Å². The van der Waals surface area contributed by atoms with Gasteiger partial charge in [-0.05, 0) is 35.2 Å². The first kappa shape index (κ1) is 18.0. The Hall–Kier alpha value is -3.38. The van der Waals surface area contributed by atoms with Crippen LogP contribution in [0.3, 0.4) is 0 Å². The molecule has 4 rings (SSSR count). The van der Waals surface area contributed by atoms with Crippen LogP contribution in [0.4, 0.5) is 5.69 Å². The molecule has 3 aromatic rings. The van der Waals surface area contributed by atoms with Crippen molar-refractivity contribution in [2.75, 3.05) is 11.4 Å². The number of nitrogens with one attached hydrogen (secondary N) is 1. The predicted octanol–water partition coefficient (Wildman–Crippen LogP) is 3.83. The van der Waals surface area contributed by atoms with Crippen LogP contribution in [0.5, 0.6) is 5.75 Å². The summed E-state index contributed by atoms with van der Waals surface area (Å²) in [5.41, 5.74) is 1.44. The van der Waals surface area contributed by atoms with E-state index in [4.69, 9.17) is 4.74 Å². The van der Waals surface area contributed by atoms with E-state index in [0.717, 1.165) is 10.4 Å².